The average Bonchev–Trinajstić information content (AvgIpc) is 2.29. The molecule has 14 heavy (non-hydrogen) atoms. The van der Waals surface area contributed by atoms with Crippen LogP contribution in [0.25, 0.3) is 0 Å². The summed E-state index contributed by atoms with van der Waals surface area (Å²) in [6, 6.07) is 0. The van der Waals surface area contributed by atoms with Crippen LogP contribution in [-0.2, 0) is 4.74 Å². The van der Waals surface area contributed by atoms with Gasteiger partial charge in [0.05, 0.1) is 6.10 Å². The van der Waals surface area contributed by atoms with E-state index in [1.165, 1.54) is 51.5 Å². The fourth-order valence-electron chi connectivity index (χ4n) is 2.59. The molecule has 1 atom stereocenters. The minimum absolute atomic E-state index is 0.505. The van der Waals surface area contributed by atoms with Crippen LogP contribution >= 0.6 is 0 Å². The molecule has 1 N–H and O–H groups in total. The van der Waals surface area contributed by atoms with Crippen molar-refractivity contribution in [3.8, 4) is 0 Å². The summed E-state index contributed by atoms with van der Waals surface area (Å²) in [7, 11) is 0. The molecule has 0 amide bonds. The van der Waals surface area contributed by atoms with E-state index in [4.69, 9.17) is 4.74 Å². The number of ether oxygens (including phenoxy) is 1. The van der Waals surface area contributed by atoms with Crippen molar-refractivity contribution in [2.75, 3.05) is 19.7 Å². The van der Waals surface area contributed by atoms with Gasteiger partial charge in [-0.15, -0.1) is 0 Å². The van der Waals surface area contributed by atoms with Crippen molar-refractivity contribution in [2.24, 2.45) is 5.92 Å². The minimum atomic E-state index is 0.505. The second-order valence-electron chi connectivity index (χ2n) is 4.81. The molecule has 1 heterocycles. The third kappa shape index (κ3) is 3.25. The molecule has 1 saturated heterocycles. The van der Waals surface area contributed by atoms with Crippen LogP contribution in [0.2, 0.25) is 0 Å². The molecule has 0 aromatic heterocycles. The molecule has 0 aromatic carbocycles. The summed E-state index contributed by atoms with van der Waals surface area (Å²) in [5.41, 5.74) is 0. The van der Waals surface area contributed by atoms with E-state index in [2.05, 4.69) is 5.32 Å². The molecule has 0 spiro atoms. The fourth-order valence-corrected chi connectivity index (χ4v) is 2.59. The highest BCUT2D eigenvalue weighted by Crippen LogP contribution is 2.24. The van der Waals surface area contributed by atoms with Crippen LogP contribution in [0.5, 0.6) is 0 Å². The maximum atomic E-state index is 5.96. The van der Waals surface area contributed by atoms with Gasteiger partial charge in [-0.25, -0.2) is 0 Å². The SMILES string of the molecule is C1CCC(CO[C@H]2CCCNC2)CC1. The molecule has 0 aromatic rings. The monoisotopic (exact) mass is 197 g/mol. The maximum Gasteiger partial charge on any atom is 0.0700 e. The number of hydrogen-bond donors (Lipinski definition) is 1. The molecule has 2 heteroatoms. The molecule has 2 fully saturated rings. The maximum absolute atomic E-state index is 5.96. The Balaban J connectivity index is 1.60. The normalized spacial score (nSPS) is 30.4. The first-order chi connectivity index (χ1) is 6.95. The van der Waals surface area contributed by atoms with Gasteiger partial charge in [0.25, 0.3) is 0 Å². The van der Waals surface area contributed by atoms with E-state index < -0.39 is 0 Å². The molecule has 0 radical (unpaired) electrons. The molecular weight excluding hydrogens is 174 g/mol. The van der Waals surface area contributed by atoms with E-state index in [9.17, 15) is 0 Å². The quantitative estimate of drug-likeness (QED) is 0.750. The van der Waals surface area contributed by atoms with Crippen LogP contribution in [0, 0.1) is 5.92 Å². The number of rotatable bonds is 3. The average molecular weight is 197 g/mol. The van der Waals surface area contributed by atoms with Crippen LogP contribution in [0.15, 0.2) is 0 Å². The molecule has 82 valence electrons. The lowest BCUT2D eigenvalue weighted by molar-refractivity contribution is 0.00845. The zero-order valence-corrected chi connectivity index (χ0v) is 9.13. The Labute approximate surface area is 87.4 Å². The third-order valence-corrected chi connectivity index (χ3v) is 3.54. The Morgan fingerprint density at radius 3 is 2.57 bits per heavy atom. The summed E-state index contributed by atoms with van der Waals surface area (Å²) in [6.45, 7) is 3.28. The molecule has 0 bridgehead atoms. The van der Waals surface area contributed by atoms with Gasteiger partial charge in [0.2, 0.25) is 0 Å². The lowest BCUT2D eigenvalue weighted by atomic mass is 9.90. The zero-order chi connectivity index (χ0) is 9.64. The standard InChI is InChI=1S/C12H23NO/c1-2-5-11(6-3-1)10-14-12-7-4-8-13-9-12/h11-13H,1-10H2/t12-/m0/s1. The molecule has 0 unspecified atom stereocenters. The van der Waals surface area contributed by atoms with E-state index in [0.29, 0.717) is 6.10 Å². The van der Waals surface area contributed by atoms with Crippen molar-refractivity contribution >= 4 is 0 Å². The lowest BCUT2D eigenvalue weighted by Gasteiger charge is -2.27. The topological polar surface area (TPSA) is 21.3 Å². The van der Waals surface area contributed by atoms with Gasteiger partial charge < -0.3 is 10.1 Å². The smallest absolute Gasteiger partial charge is 0.0700 e. The molecule has 2 rings (SSSR count). The van der Waals surface area contributed by atoms with Gasteiger partial charge in [0.1, 0.15) is 0 Å². The third-order valence-electron chi connectivity index (χ3n) is 3.54. The van der Waals surface area contributed by atoms with Gasteiger partial charge in [-0.05, 0) is 38.1 Å². The van der Waals surface area contributed by atoms with E-state index in [0.717, 1.165) is 19.1 Å². The lowest BCUT2D eigenvalue weighted by Crippen LogP contribution is -2.36. The summed E-state index contributed by atoms with van der Waals surface area (Å²) in [5.74, 6) is 0.866. The van der Waals surface area contributed by atoms with Gasteiger partial charge in [-0.1, -0.05) is 19.3 Å². The summed E-state index contributed by atoms with van der Waals surface area (Å²) in [4.78, 5) is 0. The largest absolute Gasteiger partial charge is 0.377 e. The second kappa shape index (κ2) is 5.72. The molecular formula is C12H23NO. The first kappa shape index (κ1) is 10.4. The Morgan fingerprint density at radius 1 is 1.00 bits per heavy atom. The predicted molar refractivity (Wildman–Crippen MR) is 58.4 cm³/mol. The van der Waals surface area contributed by atoms with Gasteiger partial charge in [-0.3, -0.25) is 0 Å². The van der Waals surface area contributed by atoms with Gasteiger partial charge in [-0.2, -0.15) is 0 Å². The summed E-state index contributed by atoms with van der Waals surface area (Å²) in [6.07, 6.45) is 10.2. The number of piperidine rings is 1. The Kier molecular flexibility index (Phi) is 4.26. The predicted octanol–water partition coefficient (Wildman–Crippen LogP) is 2.34. The number of nitrogens with one attached hydrogen (secondary N) is 1. The van der Waals surface area contributed by atoms with E-state index >= 15 is 0 Å². The molecule has 2 nitrogen and oxygen atoms in total. The van der Waals surface area contributed by atoms with E-state index in [1.54, 1.807) is 0 Å². The van der Waals surface area contributed by atoms with Crippen LogP contribution in [0.3, 0.4) is 0 Å². The van der Waals surface area contributed by atoms with Crippen molar-refractivity contribution in [3.63, 3.8) is 0 Å². The van der Waals surface area contributed by atoms with Crippen molar-refractivity contribution < 1.29 is 4.74 Å². The molecule has 1 aliphatic carbocycles. The summed E-state index contributed by atoms with van der Waals surface area (Å²) in [5, 5.41) is 3.40. The van der Waals surface area contributed by atoms with Crippen molar-refractivity contribution in [1.82, 2.24) is 5.32 Å². The van der Waals surface area contributed by atoms with E-state index in [1.807, 2.05) is 0 Å². The van der Waals surface area contributed by atoms with Crippen LogP contribution in [0.1, 0.15) is 44.9 Å². The molecule has 1 saturated carbocycles. The van der Waals surface area contributed by atoms with E-state index in [-0.39, 0.29) is 0 Å². The Hall–Kier alpha value is -0.0800. The highest BCUT2D eigenvalue weighted by atomic mass is 16.5. The van der Waals surface area contributed by atoms with Gasteiger partial charge >= 0.3 is 0 Å². The van der Waals surface area contributed by atoms with Crippen molar-refractivity contribution in [3.05, 3.63) is 0 Å². The van der Waals surface area contributed by atoms with Crippen molar-refractivity contribution in [1.29, 1.82) is 0 Å². The highest BCUT2D eigenvalue weighted by Gasteiger charge is 2.17. The van der Waals surface area contributed by atoms with Crippen molar-refractivity contribution in [2.45, 2.75) is 51.0 Å². The first-order valence-corrected chi connectivity index (χ1v) is 6.27. The summed E-state index contributed by atoms with van der Waals surface area (Å²) < 4.78 is 5.96. The number of hydrogen-bond acceptors (Lipinski definition) is 2. The highest BCUT2D eigenvalue weighted by molar-refractivity contribution is 4.71. The molecule has 2 aliphatic rings. The Bertz CT molecular complexity index is 130. The Morgan fingerprint density at radius 2 is 1.86 bits per heavy atom. The van der Waals surface area contributed by atoms with Gasteiger partial charge in [0.15, 0.2) is 0 Å². The summed E-state index contributed by atoms with van der Waals surface area (Å²) >= 11 is 0. The van der Waals surface area contributed by atoms with Gasteiger partial charge in [0, 0.05) is 13.2 Å². The molecule has 1 aliphatic heterocycles. The van der Waals surface area contributed by atoms with Crippen LogP contribution < -0.4 is 5.32 Å². The first-order valence-electron chi connectivity index (χ1n) is 6.27. The van der Waals surface area contributed by atoms with Crippen LogP contribution in [0.4, 0.5) is 0 Å². The minimum Gasteiger partial charge on any atom is -0.377 e. The fraction of sp³-hybridized carbons (Fsp3) is 1.00. The van der Waals surface area contributed by atoms with Crippen LogP contribution in [-0.4, -0.2) is 25.8 Å². The zero-order valence-electron chi connectivity index (χ0n) is 9.13. The second-order valence-corrected chi connectivity index (χ2v) is 4.81.